The van der Waals surface area contributed by atoms with E-state index < -0.39 is 0 Å². The first-order chi connectivity index (χ1) is 5.86. The fourth-order valence-electron chi connectivity index (χ4n) is 1.86. The molecule has 0 spiro atoms. The number of nitriles is 1. The first kappa shape index (κ1) is 9.32. The molecule has 0 unspecified atom stereocenters. The van der Waals surface area contributed by atoms with Crippen molar-refractivity contribution in [2.75, 3.05) is 0 Å². The highest BCUT2D eigenvalue weighted by molar-refractivity contribution is 4.89. The molecule has 1 rings (SSSR count). The lowest BCUT2D eigenvalue weighted by Gasteiger charge is -2.23. The van der Waals surface area contributed by atoms with E-state index in [9.17, 15) is 0 Å². The molecule has 0 N–H and O–H groups in total. The smallest absolute Gasteiger partial charge is 0.0655 e. The fraction of sp³-hybridized carbons (Fsp3) is 0.727. The molecule has 0 bridgehead atoms. The van der Waals surface area contributed by atoms with Gasteiger partial charge in [-0.2, -0.15) is 5.26 Å². The lowest BCUT2D eigenvalue weighted by molar-refractivity contribution is 0.317. The van der Waals surface area contributed by atoms with Crippen LogP contribution in [0, 0.1) is 23.2 Å². The van der Waals surface area contributed by atoms with Gasteiger partial charge in [-0.15, -0.1) is 0 Å². The number of allylic oxidation sites excluding steroid dienone is 2. The Labute approximate surface area is 75.1 Å². The van der Waals surface area contributed by atoms with Crippen molar-refractivity contribution >= 4 is 0 Å². The summed E-state index contributed by atoms with van der Waals surface area (Å²) in [5, 5.41) is 8.69. The first-order valence-corrected chi connectivity index (χ1v) is 4.87. The van der Waals surface area contributed by atoms with E-state index in [2.05, 4.69) is 25.1 Å². The maximum absolute atomic E-state index is 8.69. The standard InChI is InChI=1S/C11H17N/c1-2-3-4-10-5-7-11(9-12)8-6-10/h2-3,10-11H,4-8H2,1H3. The summed E-state index contributed by atoms with van der Waals surface area (Å²) in [4.78, 5) is 0. The molecule has 0 heterocycles. The zero-order valence-electron chi connectivity index (χ0n) is 7.79. The molecule has 0 aromatic carbocycles. The van der Waals surface area contributed by atoms with E-state index in [0.717, 1.165) is 18.8 Å². The average molecular weight is 163 g/mol. The zero-order chi connectivity index (χ0) is 8.81. The van der Waals surface area contributed by atoms with E-state index in [4.69, 9.17) is 5.26 Å². The van der Waals surface area contributed by atoms with Crippen molar-refractivity contribution in [3.05, 3.63) is 12.2 Å². The van der Waals surface area contributed by atoms with Crippen molar-refractivity contribution in [3.63, 3.8) is 0 Å². The normalized spacial score (nSPS) is 30.3. The Morgan fingerprint density at radius 3 is 2.50 bits per heavy atom. The van der Waals surface area contributed by atoms with Crippen LogP contribution in [0.4, 0.5) is 0 Å². The number of hydrogen-bond donors (Lipinski definition) is 0. The molecular weight excluding hydrogens is 146 g/mol. The predicted molar refractivity (Wildman–Crippen MR) is 50.5 cm³/mol. The summed E-state index contributed by atoms with van der Waals surface area (Å²) >= 11 is 0. The molecule has 0 radical (unpaired) electrons. The highest BCUT2D eigenvalue weighted by Gasteiger charge is 2.19. The quantitative estimate of drug-likeness (QED) is 0.573. The van der Waals surface area contributed by atoms with Crippen molar-refractivity contribution in [1.82, 2.24) is 0 Å². The van der Waals surface area contributed by atoms with Gasteiger partial charge in [0.15, 0.2) is 0 Å². The summed E-state index contributed by atoms with van der Waals surface area (Å²) < 4.78 is 0. The summed E-state index contributed by atoms with van der Waals surface area (Å²) in [6.45, 7) is 2.07. The van der Waals surface area contributed by atoms with E-state index in [-0.39, 0.29) is 0 Å². The van der Waals surface area contributed by atoms with E-state index in [0.29, 0.717) is 5.92 Å². The van der Waals surface area contributed by atoms with Gasteiger partial charge in [-0.3, -0.25) is 0 Å². The van der Waals surface area contributed by atoms with Crippen LogP contribution in [0.5, 0.6) is 0 Å². The van der Waals surface area contributed by atoms with Crippen LogP contribution in [0.3, 0.4) is 0 Å². The van der Waals surface area contributed by atoms with Crippen molar-refractivity contribution in [2.24, 2.45) is 11.8 Å². The van der Waals surface area contributed by atoms with Gasteiger partial charge in [0, 0.05) is 5.92 Å². The Hall–Kier alpha value is -0.770. The molecule has 1 fully saturated rings. The number of hydrogen-bond acceptors (Lipinski definition) is 1. The lowest BCUT2D eigenvalue weighted by Crippen LogP contribution is -2.12. The summed E-state index contributed by atoms with van der Waals surface area (Å²) in [6, 6.07) is 2.36. The van der Waals surface area contributed by atoms with Gasteiger partial charge in [0.25, 0.3) is 0 Å². The molecule has 12 heavy (non-hydrogen) atoms. The van der Waals surface area contributed by atoms with E-state index in [1.54, 1.807) is 0 Å². The van der Waals surface area contributed by atoms with Crippen LogP contribution in [0.15, 0.2) is 12.2 Å². The van der Waals surface area contributed by atoms with Crippen molar-refractivity contribution in [1.29, 1.82) is 5.26 Å². The molecule has 66 valence electrons. The molecule has 1 aliphatic carbocycles. The summed E-state index contributed by atoms with van der Waals surface area (Å²) in [5.41, 5.74) is 0. The van der Waals surface area contributed by atoms with Gasteiger partial charge >= 0.3 is 0 Å². The minimum absolute atomic E-state index is 0.354. The van der Waals surface area contributed by atoms with Crippen LogP contribution >= 0.6 is 0 Å². The Bertz CT molecular complexity index is 180. The largest absolute Gasteiger partial charge is 0.198 e. The zero-order valence-corrected chi connectivity index (χ0v) is 7.79. The first-order valence-electron chi connectivity index (χ1n) is 4.87. The van der Waals surface area contributed by atoms with Crippen molar-refractivity contribution < 1.29 is 0 Å². The highest BCUT2D eigenvalue weighted by atomic mass is 14.3. The van der Waals surface area contributed by atoms with Crippen molar-refractivity contribution in [3.8, 4) is 6.07 Å². The fourth-order valence-corrected chi connectivity index (χ4v) is 1.86. The van der Waals surface area contributed by atoms with Crippen LogP contribution in [0.1, 0.15) is 39.0 Å². The molecule has 0 aromatic heterocycles. The van der Waals surface area contributed by atoms with Crippen LogP contribution in [0.2, 0.25) is 0 Å². The maximum atomic E-state index is 8.69. The molecule has 0 atom stereocenters. The Morgan fingerprint density at radius 1 is 1.33 bits per heavy atom. The lowest BCUT2D eigenvalue weighted by atomic mass is 9.81. The monoisotopic (exact) mass is 163 g/mol. The summed E-state index contributed by atoms with van der Waals surface area (Å²) in [6.07, 6.45) is 10.3. The SMILES string of the molecule is CC=CCC1CCC(C#N)CC1. The third kappa shape index (κ3) is 2.70. The van der Waals surface area contributed by atoms with Crippen LogP contribution in [-0.2, 0) is 0 Å². The van der Waals surface area contributed by atoms with E-state index in [1.807, 2.05) is 0 Å². The van der Waals surface area contributed by atoms with E-state index >= 15 is 0 Å². The second kappa shape index (κ2) is 4.98. The van der Waals surface area contributed by atoms with Gasteiger partial charge < -0.3 is 0 Å². The Balaban J connectivity index is 2.22. The Kier molecular flexibility index (Phi) is 3.87. The summed E-state index contributed by atoms with van der Waals surface area (Å²) in [7, 11) is 0. The predicted octanol–water partition coefficient (Wildman–Crippen LogP) is 3.28. The third-order valence-electron chi connectivity index (χ3n) is 2.73. The molecular formula is C11H17N. The average Bonchev–Trinajstić information content (AvgIpc) is 2.15. The van der Waals surface area contributed by atoms with E-state index in [1.165, 1.54) is 19.3 Å². The topological polar surface area (TPSA) is 23.8 Å². The van der Waals surface area contributed by atoms with Crippen LogP contribution in [-0.4, -0.2) is 0 Å². The molecule has 1 saturated carbocycles. The molecule has 1 aliphatic rings. The minimum Gasteiger partial charge on any atom is -0.198 e. The molecule has 1 nitrogen and oxygen atoms in total. The molecule has 0 amide bonds. The molecule has 1 heteroatoms. The molecule has 0 aromatic rings. The number of nitrogens with zero attached hydrogens (tertiary/aromatic N) is 1. The van der Waals surface area contributed by atoms with Gasteiger partial charge in [-0.1, -0.05) is 12.2 Å². The van der Waals surface area contributed by atoms with Crippen LogP contribution < -0.4 is 0 Å². The third-order valence-corrected chi connectivity index (χ3v) is 2.73. The molecule has 0 aliphatic heterocycles. The summed E-state index contributed by atoms with van der Waals surface area (Å²) in [5.74, 6) is 1.21. The van der Waals surface area contributed by atoms with Gasteiger partial charge in [-0.05, 0) is 44.9 Å². The highest BCUT2D eigenvalue weighted by Crippen LogP contribution is 2.30. The maximum Gasteiger partial charge on any atom is 0.0655 e. The number of rotatable bonds is 2. The minimum atomic E-state index is 0.354. The van der Waals surface area contributed by atoms with Gasteiger partial charge in [0.2, 0.25) is 0 Å². The second-order valence-corrected chi connectivity index (χ2v) is 3.65. The van der Waals surface area contributed by atoms with Gasteiger partial charge in [0.05, 0.1) is 6.07 Å². The second-order valence-electron chi connectivity index (χ2n) is 3.65. The van der Waals surface area contributed by atoms with Crippen molar-refractivity contribution in [2.45, 2.75) is 39.0 Å². The van der Waals surface area contributed by atoms with Gasteiger partial charge in [0.1, 0.15) is 0 Å². The Morgan fingerprint density at radius 2 is 2.00 bits per heavy atom. The van der Waals surface area contributed by atoms with Gasteiger partial charge in [-0.25, -0.2) is 0 Å². The van der Waals surface area contributed by atoms with Crippen LogP contribution in [0.25, 0.3) is 0 Å². The molecule has 0 saturated heterocycles.